The molecular weight excluding hydrogens is 372 g/mol. The minimum atomic E-state index is -0.269. The van der Waals surface area contributed by atoms with E-state index in [2.05, 4.69) is 27.5 Å². The number of hydrogen-bond acceptors (Lipinski definition) is 3. The van der Waals surface area contributed by atoms with Gasteiger partial charge in [0.15, 0.2) is 0 Å². The van der Waals surface area contributed by atoms with E-state index >= 15 is 0 Å². The number of pyridine rings is 1. The van der Waals surface area contributed by atoms with E-state index in [0.29, 0.717) is 23.1 Å². The van der Waals surface area contributed by atoms with E-state index in [1.54, 1.807) is 30.5 Å². The number of carbonyl (C=O) groups excluding carboxylic acids is 1. The summed E-state index contributed by atoms with van der Waals surface area (Å²) in [5.41, 5.74) is 3.39. The maximum atomic E-state index is 12.6. The van der Waals surface area contributed by atoms with Crippen molar-refractivity contribution in [1.29, 1.82) is 0 Å². The average Bonchev–Trinajstić information content (AvgIpc) is 2.73. The van der Waals surface area contributed by atoms with E-state index in [1.807, 2.05) is 42.5 Å². The zero-order valence-corrected chi connectivity index (χ0v) is 16.3. The Bertz CT molecular complexity index is 939. The predicted molar refractivity (Wildman–Crippen MR) is 114 cm³/mol. The lowest BCUT2D eigenvalue weighted by molar-refractivity contribution is 0.0977. The number of guanidine groups is 1. The number of amides is 1. The highest BCUT2D eigenvalue weighted by Crippen LogP contribution is 2.11. The van der Waals surface area contributed by atoms with Crippen LogP contribution in [0.3, 0.4) is 0 Å². The number of aryl methyl sites for hydroxylation is 1. The summed E-state index contributed by atoms with van der Waals surface area (Å²) in [6.45, 7) is 2.45. The number of aliphatic imine (C=N–C) groups is 1. The highest BCUT2D eigenvalue weighted by atomic mass is 35.5. The van der Waals surface area contributed by atoms with E-state index in [-0.39, 0.29) is 5.91 Å². The van der Waals surface area contributed by atoms with Gasteiger partial charge in [-0.2, -0.15) is 0 Å². The zero-order valence-electron chi connectivity index (χ0n) is 15.5. The molecule has 1 aromatic heterocycles. The Morgan fingerprint density at radius 3 is 2.43 bits per heavy atom. The first-order chi connectivity index (χ1) is 13.6. The Balaban J connectivity index is 1.78. The molecule has 2 N–H and O–H groups in total. The number of halogens is 1. The lowest BCUT2D eigenvalue weighted by Crippen LogP contribution is -2.36. The fourth-order valence-corrected chi connectivity index (χ4v) is 2.63. The number of anilines is 1. The molecule has 1 heterocycles. The predicted octanol–water partition coefficient (Wildman–Crippen LogP) is 4.70. The molecule has 3 aromatic rings. The summed E-state index contributed by atoms with van der Waals surface area (Å²) < 4.78 is 0. The molecule has 0 aliphatic rings. The Morgan fingerprint density at radius 2 is 1.79 bits per heavy atom. The molecule has 28 heavy (non-hydrogen) atoms. The molecule has 0 aliphatic heterocycles. The topological polar surface area (TPSA) is 66.4 Å². The maximum Gasteiger partial charge on any atom is 0.257 e. The van der Waals surface area contributed by atoms with Crippen LogP contribution in [0.2, 0.25) is 5.02 Å². The van der Waals surface area contributed by atoms with Crippen LogP contribution in [0.5, 0.6) is 0 Å². The summed E-state index contributed by atoms with van der Waals surface area (Å²) in [5, 5.41) is 6.58. The van der Waals surface area contributed by atoms with Gasteiger partial charge in [-0.15, -0.1) is 0 Å². The molecule has 3 rings (SSSR count). The van der Waals surface area contributed by atoms with Crippen LogP contribution in [0.4, 0.5) is 5.69 Å². The third-order valence-electron chi connectivity index (χ3n) is 4.09. The van der Waals surface area contributed by atoms with Crippen molar-refractivity contribution in [2.45, 2.75) is 19.9 Å². The molecule has 0 bridgehead atoms. The average molecular weight is 393 g/mol. The molecule has 6 heteroatoms. The van der Waals surface area contributed by atoms with Crippen molar-refractivity contribution in [3.05, 3.63) is 94.8 Å². The van der Waals surface area contributed by atoms with Gasteiger partial charge in [-0.3, -0.25) is 15.1 Å². The van der Waals surface area contributed by atoms with Gasteiger partial charge in [-0.05, 0) is 60.5 Å². The Labute approximate surface area is 169 Å². The molecule has 0 radical (unpaired) electrons. The third-order valence-corrected chi connectivity index (χ3v) is 4.34. The number of rotatable bonds is 5. The molecule has 0 unspecified atom stereocenters. The lowest BCUT2D eigenvalue weighted by atomic mass is 10.1. The van der Waals surface area contributed by atoms with Gasteiger partial charge < -0.3 is 5.32 Å². The first-order valence-electron chi connectivity index (χ1n) is 9.01. The summed E-state index contributed by atoms with van der Waals surface area (Å²) in [5.74, 6) is 0.0870. The first-order valence-corrected chi connectivity index (χ1v) is 9.39. The van der Waals surface area contributed by atoms with Crippen LogP contribution in [0.1, 0.15) is 28.5 Å². The number of carbonyl (C=O) groups is 1. The van der Waals surface area contributed by atoms with Gasteiger partial charge in [-0.1, -0.05) is 36.7 Å². The van der Waals surface area contributed by atoms with Gasteiger partial charge in [0.1, 0.15) is 0 Å². The Hall–Kier alpha value is -3.18. The van der Waals surface area contributed by atoms with Gasteiger partial charge in [0.05, 0.1) is 12.2 Å². The number of aromatic nitrogens is 1. The summed E-state index contributed by atoms with van der Waals surface area (Å²) in [6, 6.07) is 20.3. The first kappa shape index (κ1) is 19.6. The molecule has 0 fully saturated rings. The Morgan fingerprint density at radius 1 is 1.04 bits per heavy atom. The van der Waals surface area contributed by atoms with Crippen molar-refractivity contribution in [2.24, 2.45) is 4.99 Å². The normalized spacial score (nSPS) is 11.1. The molecule has 0 atom stereocenters. The van der Waals surface area contributed by atoms with Crippen molar-refractivity contribution in [3.8, 4) is 0 Å². The minimum Gasteiger partial charge on any atom is -0.326 e. The highest BCUT2D eigenvalue weighted by molar-refractivity contribution is 6.30. The number of hydrogen-bond donors (Lipinski definition) is 2. The molecule has 0 spiro atoms. The van der Waals surface area contributed by atoms with E-state index < -0.39 is 0 Å². The van der Waals surface area contributed by atoms with Crippen molar-refractivity contribution in [3.63, 3.8) is 0 Å². The number of nitrogens with one attached hydrogen (secondary N) is 2. The number of benzene rings is 2. The molecule has 1 amide bonds. The molecular formula is C22H21ClN4O. The standard InChI is InChI=1S/C22H21ClN4O/c1-2-16-6-12-19(13-7-16)26-22(25-15-20-5-3-4-14-24-20)27-21(28)17-8-10-18(23)11-9-17/h3-14H,2,15H2,1H3,(H2,25,26,27,28). The molecule has 142 valence electrons. The second kappa shape index (κ2) is 9.67. The lowest BCUT2D eigenvalue weighted by Gasteiger charge is -2.12. The van der Waals surface area contributed by atoms with Crippen molar-refractivity contribution >= 4 is 29.2 Å². The molecule has 0 saturated carbocycles. The summed E-state index contributed by atoms with van der Waals surface area (Å²) in [6.07, 6.45) is 2.68. The van der Waals surface area contributed by atoms with E-state index in [1.165, 1.54) is 5.56 Å². The second-order valence-electron chi connectivity index (χ2n) is 6.12. The van der Waals surface area contributed by atoms with Gasteiger partial charge in [0.25, 0.3) is 5.91 Å². The Kier molecular flexibility index (Phi) is 6.76. The van der Waals surface area contributed by atoms with Crippen LogP contribution in [0.25, 0.3) is 0 Å². The summed E-state index contributed by atoms with van der Waals surface area (Å²) in [7, 11) is 0. The third kappa shape index (κ3) is 5.66. The SMILES string of the molecule is CCc1ccc(NC(=NCc2ccccn2)NC(=O)c2ccc(Cl)cc2)cc1. The van der Waals surface area contributed by atoms with Crippen molar-refractivity contribution in [2.75, 3.05) is 5.32 Å². The molecule has 5 nitrogen and oxygen atoms in total. The van der Waals surface area contributed by atoms with Crippen molar-refractivity contribution < 1.29 is 4.79 Å². The molecule has 2 aromatic carbocycles. The second-order valence-corrected chi connectivity index (χ2v) is 6.56. The van der Waals surface area contributed by atoms with Crippen molar-refractivity contribution in [1.82, 2.24) is 10.3 Å². The van der Waals surface area contributed by atoms with Gasteiger partial charge in [0.2, 0.25) is 5.96 Å². The van der Waals surface area contributed by atoms with Crippen LogP contribution >= 0.6 is 11.6 Å². The molecule has 0 saturated heterocycles. The van der Waals surface area contributed by atoms with E-state index in [9.17, 15) is 4.79 Å². The minimum absolute atomic E-state index is 0.269. The van der Waals surface area contributed by atoms with Gasteiger partial charge in [-0.25, -0.2) is 4.99 Å². The van der Waals surface area contributed by atoms with E-state index in [0.717, 1.165) is 17.8 Å². The van der Waals surface area contributed by atoms with Crippen LogP contribution in [0.15, 0.2) is 77.9 Å². The van der Waals surface area contributed by atoms with Gasteiger partial charge >= 0.3 is 0 Å². The van der Waals surface area contributed by atoms with Crippen LogP contribution < -0.4 is 10.6 Å². The summed E-state index contributed by atoms with van der Waals surface area (Å²) in [4.78, 5) is 21.3. The van der Waals surface area contributed by atoms with Crippen LogP contribution in [-0.2, 0) is 13.0 Å². The van der Waals surface area contributed by atoms with E-state index in [4.69, 9.17) is 11.6 Å². The smallest absolute Gasteiger partial charge is 0.257 e. The quantitative estimate of drug-likeness (QED) is 0.488. The van der Waals surface area contributed by atoms with Crippen LogP contribution in [0, 0.1) is 0 Å². The zero-order chi connectivity index (χ0) is 19.8. The summed E-state index contributed by atoms with van der Waals surface area (Å²) >= 11 is 5.90. The molecule has 0 aliphatic carbocycles. The fourth-order valence-electron chi connectivity index (χ4n) is 2.50. The maximum absolute atomic E-state index is 12.6. The highest BCUT2D eigenvalue weighted by Gasteiger charge is 2.10. The fraction of sp³-hybridized carbons (Fsp3) is 0.136. The van der Waals surface area contributed by atoms with Gasteiger partial charge in [0, 0.05) is 22.5 Å². The van der Waals surface area contributed by atoms with Crippen LogP contribution in [-0.4, -0.2) is 16.9 Å². The largest absolute Gasteiger partial charge is 0.326 e. The number of nitrogens with zero attached hydrogens (tertiary/aromatic N) is 2. The monoisotopic (exact) mass is 392 g/mol.